The fourth-order valence-electron chi connectivity index (χ4n) is 4.54. The molecule has 1 fully saturated rings. The second kappa shape index (κ2) is 7.45. The van der Waals surface area contributed by atoms with Gasteiger partial charge in [-0.05, 0) is 49.7 Å². The Labute approximate surface area is 191 Å². The summed E-state index contributed by atoms with van der Waals surface area (Å²) < 4.78 is 1.70. The SMILES string of the molecule is Cn1ccnc1C(=O)N1CC(Nc2ncccc2N2C(=O)c3ccc(C#N)cc3C2(C)C)C1. The highest BCUT2D eigenvalue weighted by atomic mass is 16.2. The van der Waals surface area contributed by atoms with Crippen molar-refractivity contribution in [2.75, 3.05) is 23.3 Å². The monoisotopic (exact) mass is 441 g/mol. The first-order valence-corrected chi connectivity index (χ1v) is 10.7. The summed E-state index contributed by atoms with van der Waals surface area (Å²) in [6.07, 6.45) is 5.03. The van der Waals surface area contributed by atoms with Crippen LogP contribution in [0.2, 0.25) is 0 Å². The van der Waals surface area contributed by atoms with Gasteiger partial charge in [0.15, 0.2) is 5.82 Å². The number of fused-ring (bicyclic) bond motifs is 1. The number of carbonyl (C=O) groups excluding carboxylic acids is 2. The number of pyridine rings is 1. The number of hydrogen-bond acceptors (Lipinski definition) is 6. The summed E-state index contributed by atoms with van der Waals surface area (Å²) in [7, 11) is 1.79. The maximum absolute atomic E-state index is 13.4. The largest absolute Gasteiger partial charge is 0.362 e. The van der Waals surface area contributed by atoms with Crippen LogP contribution in [0.1, 0.15) is 46.0 Å². The first kappa shape index (κ1) is 20.7. The third-order valence-corrected chi connectivity index (χ3v) is 6.35. The molecule has 3 aromatic rings. The van der Waals surface area contributed by atoms with E-state index < -0.39 is 5.54 Å². The predicted octanol–water partition coefficient (Wildman–Crippen LogP) is 2.52. The summed E-state index contributed by atoms with van der Waals surface area (Å²) in [5.41, 5.74) is 1.93. The lowest BCUT2D eigenvalue weighted by atomic mass is 9.92. The molecule has 5 rings (SSSR count). The van der Waals surface area contributed by atoms with Crippen LogP contribution in [0.4, 0.5) is 11.5 Å². The summed E-state index contributed by atoms with van der Waals surface area (Å²) in [5, 5.41) is 12.7. The molecule has 0 spiro atoms. The van der Waals surface area contributed by atoms with E-state index in [2.05, 4.69) is 21.4 Å². The molecule has 0 atom stereocenters. The summed E-state index contributed by atoms with van der Waals surface area (Å²) >= 11 is 0. The van der Waals surface area contributed by atoms with Crippen molar-refractivity contribution in [3.8, 4) is 6.07 Å². The number of nitrogens with zero attached hydrogens (tertiary/aromatic N) is 6. The number of nitriles is 1. The van der Waals surface area contributed by atoms with E-state index in [1.165, 1.54) is 0 Å². The van der Waals surface area contributed by atoms with Gasteiger partial charge in [-0.1, -0.05) is 0 Å². The minimum Gasteiger partial charge on any atom is -0.362 e. The standard InChI is InChI=1S/C24H23N7O2/c1-24(2)18-11-15(12-25)6-7-17(18)22(32)31(24)19-5-4-8-26-20(19)28-16-13-30(14-16)23(33)21-27-9-10-29(21)3/h4-11,16H,13-14H2,1-3H3,(H,26,28). The average Bonchev–Trinajstić information content (AvgIpc) is 3.29. The fourth-order valence-corrected chi connectivity index (χ4v) is 4.54. The molecule has 2 amide bonds. The van der Waals surface area contributed by atoms with E-state index in [-0.39, 0.29) is 17.9 Å². The molecule has 9 heteroatoms. The molecule has 0 aliphatic carbocycles. The molecular formula is C24H23N7O2. The van der Waals surface area contributed by atoms with E-state index in [0.29, 0.717) is 41.5 Å². The molecule has 0 bridgehead atoms. The zero-order chi connectivity index (χ0) is 23.3. The van der Waals surface area contributed by atoms with Gasteiger partial charge in [-0.15, -0.1) is 0 Å². The minimum atomic E-state index is -0.654. The number of aromatic nitrogens is 3. The minimum absolute atomic E-state index is 0.0104. The lowest BCUT2D eigenvalue weighted by Gasteiger charge is -2.40. The third-order valence-electron chi connectivity index (χ3n) is 6.35. The van der Waals surface area contributed by atoms with Gasteiger partial charge >= 0.3 is 0 Å². The Hall–Kier alpha value is -4.19. The van der Waals surface area contributed by atoms with Crippen LogP contribution >= 0.6 is 0 Å². The van der Waals surface area contributed by atoms with Gasteiger partial charge in [0, 0.05) is 44.3 Å². The van der Waals surface area contributed by atoms with Gasteiger partial charge in [-0.2, -0.15) is 5.26 Å². The van der Waals surface area contributed by atoms with Gasteiger partial charge in [0.05, 0.1) is 28.9 Å². The van der Waals surface area contributed by atoms with E-state index in [4.69, 9.17) is 0 Å². The van der Waals surface area contributed by atoms with Crippen LogP contribution in [0.5, 0.6) is 0 Å². The number of nitrogens with one attached hydrogen (secondary N) is 1. The zero-order valence-electron chi connectivity index (χ0n) is 18.6. The van der Waals surface area contributed by atoms with Crippen molar-refractivity contribution in [2.45, 2.75) is 25.4 Å². The number of carbonyl (C=O) groups is 2. The number of benzene rings is 1. The van der Waals surface area contributed by atoms with Crippen molar-refractivity contribution < 1.29 is 9.59 Å². The van der Waals surface area contributed by atoms with E-state index in [1.54, 1.807) is 64.3 Å². The average molecular weight is 441 g/mol. The van der Waals surface area contributed by atoms with Crippen molar-refractivity contribution in [2.24, 2.45) is 7.05 Å². The van der Waals surface area contributed by atoms with Gasteiger partial charge in [0.1, 0.15) is 5.82 Å². The van der Waals surface area contributed by atoms with Crippen LogP contribution in [0, 0.1) is 11.3 Å². The second-order valence-electron chi connectivity index (χ2n) is 8.86. The van der Waals surface area contributed by atoms with Gasteiger partial charge < -0.3 is 14.8 Å². The van der Waals surface area contributed by atoms with Gasteiger partial charge in [0.25, 0.3) is 11.8 Å². The van der Waals surface area contributed by atoms with Crippen molar-refractivity contribution in [3.63, 3.8) is 0 Å². The molecule has 166 valence electrons. The molecule has 0 unspecified atom stereocenters. The maximum atomic E-state index is 13.4. The second-order valence-corrected chi connectivity index (χ2v) is 8.86. The quantitative estimate of drug-likeness (QED) is 0.667. The number of aryl methyl sites for hydroxylation is 1. The Morgan fingerprint density at radius 1 is 1.21 bits per heavy atom. The number of amides is 2. The maximum Gasteiger partial charge on any atom is 0.289 e. The van der Waals surface area contributed by atoms with Crippen molar-refractivity contribution in [1.82, 2.24) is 19.4 Å². The summed E-state index contributed by atoms with van der Waals surface area (Å²) in [5.74, 6) is 0.754. The molecule has 0 radical (unpaired) electrons. The molecule has 1 N–H and O–H groups in total. The van der Waals surface area contributed by atoms with E-state index >= 15 is 0 Å². The number of likely N-dealkylation sites (tertiary alicyclic amines) is 1. The third kappa shape index (κ3) is 3.22. The van der Waals surface area contributed by atoms with Gasteiger partial charge in [-0.3, -0.25) is 14.5 Å². The Morgan fingerprint density at radius 3 is 2.70 bits per heavy atom. The van der Waals surface area contributed by atoms with Crippen LogP contribution in [-0.2, 0) is 12.6 Å². The first-order chi connectivity index (χ1) is 15.8. The summed E-state index contributed by atoms with van der Waals surface area (Å²) in [6.45, 7) is 4.96. The smallest absolute Gasteiger partial charge is 0.289 e. The lowest BCUT2D eigenvalue weighted by molar-refractivity contribution is 0.0608. The number of hydrogen-bond donors (Lipinski definition) is 1. The predicted molar refractivity (Wildman–Crippen MR) is 122 cm³/mol. The van der Waals surface area contributed by atoms with Crippen LogP contribution in [0.25, 0.3) is 0 Å². The molecule has 2 aromatic heterocycles. The van der Waals surface area contributed by atoms with E-state index in [9.17, 15) is 14.9 Å². The fraction of sp³-hybridized carbons (Fsp3) is 0.292. The molecule has 33 heavy (non-hydrogen) atoms. The zero-order valence-corrected chi connectivity index (χ0v) is 18.6. The highest BCUT2D eigenvalue weighted by Gasteiger charge is 2.45. The van der Waals surface area contributed by atoms with E-state index in [1.807, 2.05) is 19.9 Å². The highest BCUT2D eigenvalue weighted by molar-refractivity contribution is 6.13. The number of rotatable bonds is 4. The Bertz CT molecular complexity index is 1310. The first-order valence-electron chi connectivity index (χ1n) is 10.7. The number of imidazole rings is 1. The molecule has 2 aliphatic heterocycles. The summed E-state index contributed by atoms with van der Waals surface area (Å²) in [4.78, 5) is 38.1. The highest BCUT2D eigenvalue weighted by Crippen LogP contribution is 2.44. The summed E-state index contributed by atoms with van der Waals surface area (Å²) in [6, 6.07) is 11.0. The normalized spacial score (nSPS) is 16.8. The van der Waals surface area contributed by atoms with E-state index in [0.717, 1.165) is 5.56 Å². The van der Waals surface area contributed by atoms with Gasteiger partial charge in [-0.25, -0.2) is 9.97 Å². The van der Waals surface area contributed by atoms with Gasteiger partial charge in [0.2, 0.25) is 0 Å². The van der Waals surface area contributed by atoms with Crippen molar-refractivity contribution in [3.05, 3.63) is 71.4 Å². The molecular weight excluding hydrogens is 418 g/mol. The van der Waals surface area contributed by atoms with Crippen LogP contribution < -0.4 is 10.2 Å². The molecule has 4 heterocycles. The lowest BCUT2D eigenvalue weighted by Crippen LogP contribution is -2.57. The Morgan fingerprint density at radius 2 is 2.00 bits per heavy atom. The Balaban J connectivity index is 1.37. The van der Waals surface area contributed by atoms with Crippen molar-refractivity contribution in [1.29, 1.82) is 5.26 Å². The molecule has 1 aromatic carbocycles. The molecule has 0 saturated carbocycles. The van der Waals surface area contributed by atoms with Crippen LogP contribution in [-0.4, -0.2) is 50.4 Å². The Kier molecular flexibility index (Phi) is 4.67. The molecule has 9 nitrogen and oxygen atoms in total. The van der Waals surface area contributed by atoms with Crippen LogP contribution in [0.3, 0.4) is 0 Å². The topological polar surface area (TPSA) is 107 Å². The van der Waals surface area contributed by atoms with Crippen molar-refractivity contribution >= 4 is 23.3 Å². The molecule has 2 aliphatic rings. The van der Waals surface area contributed by atoms with Crippen LogP contribution in [0.15, 0.2) is 48.9 Å². The molecule has 1 saturated heterocycles. The number of anilines is 2.